The average molecular weight is 357 g/mol. The molecule has 1 saturated heterocycles. The van der Waals surface area contributed by atoms with E-state index in [9.17, 15) is 18.0 Å². The van der Waals surface area contributed by atoms with Gasteiger partial charge in [0.25, 0.3) is 0 Å². The SMILES string of the molecule is CNCCC1CCN(CCC(=O)Nc2cccc(C(F)(F)F)c2)CC1. The first kappa shape index (κ1) is 19.7. The first-order valence-corrected chi connectivity index (χ1v) is 8.72. The fourth-order valence-corrected chi connectivity index (χ4v) is 3.10. The summed E-state index contributed by atoms with van der Waals surface area (Å²) in [4.78, 5) is 14.2. The number of alkyl halides is 3. The molecule has 1 fully saturated rings. The van der Waals surface area contributed by atoms with Gasteiger partial charge in [0.1, 0.15) is 0 Å². The van der Waals surface area contributed by atoms with Gasteiger partial charge in [-0.3, -0.25) is 4.79 Å². The van der Waals surface area contributed by atoms with E-state index in [-0.39, 0.29) is 18.0 Å². The van der Waals surface area contributed by atoms with Crippen LogP contribution >= 0.6 is 0 Å². The molecule has 7 heteroatoms. The van der Waals surface area contributed by atoms with Gasteiger partial charge in [0.15, 0.2) is 0 Å². The third kappa shape index (κ3) is 6.66. The summed E-state index contributed by atoms with van der Waals surface area (Å²) in [6, 6.07) is 4.73. The second kappa shape index (κ2) is 9.20. The Hall–Kier alpha value is -1.60. The van der Waals surface area contributed by atoms with Gasteiger partial charge in [0.2, 0.25) is 5.91 Å². The summed E-state index contributed by atoms with van der Waals surface area (Å²) in [5.41, 5.74) is -0.570. The summed E-state index contributed by atoms with van der Waals surface area (Å²) < 4.78 is 38.0. The number of carbonyl (C=O) groups excluding carboxylic acids is 1. The number of carbonyl (C=O) groups is 1. The number of piperidine rings is 1. The topological polar surface area (TPSA) is 44.4 Å². The summed E-state index contributed by atoms with van der Waals surface area (Å²) in [5.74, 6) is 0.485. The number of benzene rings is 1. The minimum absolute atomic E-state index is 0.186. The Morgan fingerprint density at radius 3 is 2.64 bits per heavy atom. The maximum atomic E-state index is 12.7. The zero-order chi connectivity index (χ0) is 18.3. The molecule has 1 aliphatic rings. The number of anilines is 1. The zero-order valence-corrected chi connectivity index (χ0v) is 14.5. The molecule has 0 aromatic heterocycles. The van der Waals surface area contributed by atoms with Crippen molar-refractivity contribution in [3.8, 4) is 0 Å². The molecule has 0 spiro atoms. The van der Waals surface area contributed by atoms with Crippen molar-refractivity contribution in [3.05, 3.63) is 29.8 Å². The summed E-state index contributed by atoms with van der Waals surface area (Å²) in [5, 5.41) is 5.72. The van der Waals surface area contributed by atoms with Gasteiger partial charge < -0.3 is 15.5 Å². The van der Waals surface area contributed by atoms with E-state index in [4.69, 9.17) is 0 Å². The van der Waals surface area contributed by atoms with E-state index in [1.165, 1.54) is 18.6 Å². The summed E-state index contributed by atoms with van der Waals surface area (Å²) in [7, 11) is 1.96. The summed E-state index contributed by atoms with van der Waals surface area (Å²) in [6.07, 6.45) is -0.663. The first-order chi connectivity index (χ1) is 11.9. The maximum Gasteiger partial charge on any atom is 0.416 e. The van der Waals surface area contributed by atoms with Gasteiger partial charge >= 0.3 is 6.18 Å². The van der Waals surface area contributed by atoms with Gasteiger partial charge in [-0.1, -0.05) is 6.07 Å². The van der Waals surface area contributed by atoms with Gasteiger partial charge in [-0.25, -0.2) is 0 Å². The van der Waals surface area contributed by atoms with Crippen LogP contribution in [0.5, 0.6) is 0 Å². The molecule has 2 rings (SSSR count). The molecule has 1 aromatic rings. The van der Waals surface area contributed by atoms with Gasteiger partial charge in [0.05, 0.1) is 5.56 Å². The molecule has 0 saturated carbocycles. The molecule has 140 valence electrons. The molecule has 1 aromatic carbocycles. The van der Waals surface area contributed by atoms with Crippen LogP contribution in [-0.2, 0) is 11.0 Å². The van der Waals surface area contributed by atoms with Gasteiger partial charge in [-0.15, -0.1) is 0 Å². The van der Waals surface area contributed by atoms with Gasteiger partial charge in [0, 0.05) is 18.7 Å². The first-order valence-electron chi connectivity index (χ1n) is 8.72. The van der Waals surface area contributed by atoms with E-state index < -0.39 is 11.7 Å². The molecule has 25 heavy (non-hydrogen) atoms. The summed E-state index contributed by atoms with van der Waals surface area (Å²) >= 11 is 0. The molecule has 0 aliphatic carbocycles. The number of hydrogen-bond acceptors (Lipinski definition) is 3. The molecule has 1 heterocycles. The second-order valence-corrected chi connectivity index (χ2v) is 6.55. The molecule has 0 unspecified atom stereocenters. The highest BCUT2D eigenvalue weighted by atomic mass is 19.4. The molecule has 0 atom stereocenters. The fraction of sp³-hybridized carbons (Fsp3) is 0.611. The lowest BCUT2D eigenvalue weighted by molar-refractivity contribution is -0.137. The number of nitrogens with one attached hydrogen (secondary N) is 2. The highest BCUT2D eigenvalue weighted by Crippen LogP contribution is 2.30. The largest absolute Gasteiger partial charge is 0.416 e. The Bertz CT molecular complexity index is 555. The van der Waals surface area contributed by atoms with Crippen LogP contribution in [0.2, 0.25) is 0 Å². The molecule has 0 radical (unpaired) electrons. The van der Waals surface area contributed by atoms with Crippen LogP contribution in [0.4, 0.5) is 18.9 Å². The van der Waals surface area contributed by atoms with Crippen LogP contribution in [0.3, 0.4) is 0 Å². The standard InChI is InChI=1S/C18H26F3N3O/c1-22-9-5-14-6-10-24(11-7-14)12-8-17(25)23-16-4-2-3-15(13-16)18(19,20)21/h2-4,13-14,22H,5-12H2,1H3,(H,23,25). The van der Waals surface area contributed by atoms with Crippen molar-refractivity contribution in [3.63, 3.8) is 0 Å². The normalized spacial score (nSPS) is 16.8. The van der Waals surface area contributed by atoms with Crippen LogP contribution in [-0.4, -0.2) is 44.0 Å². The molecule has 1 amide bonds. The Labute approximate surface area is 146 Å². The number of halogens is 3. The highest BCUT2D eigenvalue weighted by molar-refractivity contribution is 5.90. The highest BCUT2D eigenvalue weighted by Gasteiger charge is 2.30. The number of amides is 1. The van der Waals surface area contributed by atoms with Crippen LogP contribution in [0.15, 0.2) is 24.3 Å². The molecular formula is C18H26F3N3O. The predicted octanol–water partition coefficient (Wildman–Crippen LogP) is 3.36. The monoisotopic (exact) mass is 357 g/mol. The van der Waals surface area contributed by atoms with Crippen LogP contribution in [0.25, 0.3) is 0 Å². The van der Waals surface area contributed by atoms with Crippen molar-refractivity contribution in [1.29, 1.82) is 0 Å². The Morgan fingerprint density at radius 1 is 1.28 bits per heavy atom. The van der Waals surface area contributed by atoms with E-state index in [0.29, 0.717) is 6.54 Å². The molecule has 1 aliphatic heterocycles. The molecular weight excluding hydrogens is 331 g/mol. The Morgan fingerprint density at radius 2 is 2.00 bits per heavy atom. The minimum atomic E-state index is -4.40. The third-order valence-electron chi connectivity index (χ3n) is 4.64. The lowest BCUT2D eigenvalue weighted by atomic mass is 9.93. The molecule has 2 N–H and O–H groups in total. The quantitative estimate of drug-likeness (QED) is 0.787. The van der Waals surface area contributed by atoms with E-state index in [0.717, 1.165) is 50.5 Å². The maximum absolute atomic E-state index is 12.7. The number of nitrogens with zero attached hydrogens (tertiary/aromatic N) is 1. The van der Waals surface area contributed by atoms with Crippen molar-refractivity contribution in [2.24, 2.45) is 5.92 Å². The number of rotatable bonds is 7. The predicted molar refractivity (Wildman–Crippen MR) is 92.4 cm³/mol. The number of likely N-dealkylation sites (tertiary alicyclic amines) is 1. The molecule has 0 bridgehead atoms. The summed E-state index contributed by atoms with van der Waals surface area (Å²) in [6.45, 7) is 3.63. The van der Waals surface area contributed by atoms with Gasteiger partial charge in [-0.05, 0) is 70.1 Å². The lowest BCUT2D eigenvalue weighted by Crippen LogP contribution is -2.36. The minimum Gasteiger partial charge on any atom is -0.326 e. The van der Waals surface area contributed by atoms with E-state index in [1.54, 1.807) is 0 Å². The van der Waals surface area contributed by atoms with Crippen LogP contribution in [0, 0.1) is 5.92 Å². The van der Waals surface area contributed by atoms with Crippen molar-refractivity contribution < 1.29 is 18.0 Å². The third-order valence-corrected chi connectivity index (χ3v) is 4.64. The van der Waals surface area contributed by atoms with E-state index >= 15 is 0 Å². The van der Waals surface area contributed by atoms with Crippen molar-refractivity contribution in [2.45, 2.75) is 31.9 Å². The fourth-order valence-electron chi connectivity index (χ4n) is 3.10. The van der Waals surface area contributed by atoms with E-state index in [1.807, 2.05) is 7.05 Å². The number of hydrogen-bond donors (Lipinski definition) is 2. The van der Waals surface area contributed by atoms with Crippen LogP contribution < -0.4 is 10.6 Å². The van der Waals surface area contributed by atoms with Crippen molar-refractivity contribution in [2.75, 3.05) is 38.5 Å². The van der Waals surface area contributed by atoms with Crippen LogP contribution in [0.1, 0.15) is 31.2 Å². The van der Waals surface area contributed by atoms with E-state index in [2.05, 4.69) is 15.5 Å². The lowest BCUT2D eigenvalue weighted by Gasteiger charge is -2.31. The molecule has 4 nitrogen and oxygen atoms in total. The second-order valence-electron chi connectivity index (χ2n) is 6.55. The zero-order valence-electron chi connectivity index (χ0n) is 14.5. The average Bonchev–Trinajstić information content (AvgIpc) is 2.58. The Kier molecular flexibility index (Phi) is 7.25. The Balaban J connectivity index is 1.73. The van der Waals surface area contributed by atoms with Crippen molar-refractivity contribution >= 4 is 11.6 Å². The smallest absolute Gasteiger partial charge is 0.326 e. The van der Waals surface area contributed by atoms with Crippen molar-refractivity contribution in [1.82, 2.24) is 10.2 Å². The van der Waals surface area contributed by atoms with Gasteiger partial charge in [-0.2, -0.15) is 13.2 Å².